The first kappa shape index (κ1) is 12.1. The Morgan fingerprint density at radius 2 is 2.06 bits per heavy atom. The summed E-state index contributed by atoms with van der Waals surface area (Å²) in [5, 5.41) is 23.8. The molecule has 0 aliphatic rings. The van der Waals surface area contributed by atoms with Gasteiger partial charge in [0.2, 0.25) is 0 Å². The van der Waals surface area contributed by atoms with Crippen LogP contribution in [-0.4, -0.2) is 28.9 Å². The number of rotatable bonds is 3. The van der Waals surface area contributed by atoms with Crippen LogP contribution in [0, 0.1) is 0 Å². The normalized spacial score (nSPS) is 10.9. The number of aliphatic hydroxyl groups excluding tert-OH is 1. The molecule has 1 amide bonds. The van der Waals surface area contributed by atoms with E-state index in [-0.39, 0.29) is 5.75 Å². The Hall–Kier alpha value is -2.40. The number of amides is 1. The van der Waals surface area contributed by atoms with Crippen LogP contribution in [0.2, 0.25) is 0 Å². The van der Waals surface area contributed by atoms with E-state index in [9.17, 15) is 9.90 Å². The van der Waals surface area contributed by atoms with Gasteiger partial charge in [0.15, 0.2) is 0 Å². The molecule has 0 fully saturated rings. The maximum absolute atomic E-state index is 10.8. The third-order valence-electron chi connectivity index (χ3n) is 2.47. The van der Waals surface area contributed by atoms with Gasteiger partial charge in [-0.25, -0.2) is 5.43 Å². The van der Waals surface area contributed by atoms with Crippen LogP contribution in [0.15, 0.2) is 41.5 Å². The lowest BCUT2D eigenvalue weighted by molar-refractivity contribution is -0.123. The zero-order chi connectivity index (χ0) is 13.0. The van der Waals surface area contributed by atoms with E-state index >= 15 is 0 Å². The summed E-state index contributed by atoms with van der Waals surface area (Å²) in [6, 6.07) is 10.9. The molecule has 0 saturated carbocycles. The zero-order valence-corrected chi connectivity index (χ0v) is 9.50. The van der Waals surface area contributed by atoms with Crippen molar-refractivity contribution in [3.05, 3.63) is 42.0 Å². The minimum absolute atomic E-state index is 0.0793. The van der Waals surface area contributed by atoms with Crippen LogP contribution in [0.25, 0.3) is 10.8 Å². The lowest BCUT2D eigenvalue weighted by atomic mass is 10.0. The Bertz CT molecular complexity index is 608. The highest BCUT2D eigenvalue weighted by atomic mass is 16.3. The minimum Gasteiger partial charge on any atom is -0.507 e. The van der Waals surface area contributed by atoms with Gasteiger partial charge in [0, 0.05) is 5.56 Å². The average Bonchev–Trinajstić information content (AvgIpc) is 2.41. The lowest BCUT2D eigenvalue weighted by Gasteiger charge is -2.04. The fourth-order valence-corrected chi connectivity index (χ4v) is 1.62. The number of phenolic OH excluding ortho intramolecular Hbond substituents is 1. The van der Waals surface area contributed by atoms with E-state index in [1.165, 1.54) is 6.21 Å². The molecule has 5 heteroatoms. The van der Waals surface area contributed by atoms with Crippen molar-refractivity contribution in [2.24, 2.45) is 5.10 Å². The summed E-state index contributed by atoms with van der Waals surface area (Å²) >= 11 is 0. The number of nitrogens with zero attached hydrogens (tertiary/aromatic N) is 1. The number of carbonyl (C=O) groups is 1. The maximum Gasteiger partial charge on any atom is 0.265 e. The first-order valence-electron chi connectivity index (χ1n) is 5.36. The van der Waals surface area contributed by atoms with E-state index in [1.54, 1.807) is 12.1 Å². The topological polar surface area (TPSA) is 81.9 Å². The number of carbonyl (C=O) groups excluding carboxylic acids is 1. The van der Waals surface area contributed by atoms with Crippen molar-refractivity contribution in [2.45, 2.75) is 0 Å². The molecule has 0 bridgehead atoms. The van der Waals surface area contributed by atoms with Crippen LogP contribution in [0.4, 0.5) is 0 Å². The van der Waals surface area contributed by atoms with Gasteiger partial charge >= 0.3 is 0 Å². The van der Waals surface area contributed by atoms with Crippen molar-refractivity contribution in [1.82, 2.24) is 5.43 Å². The predicted molar refractivity (Wildman–Crippen MR) is 68.4 cm³/mol. The SMILES string of the molecule is O=C(CO)N/N=C\c1c(O)ccc2ccccc12. The highest BCUT2D eigenvalue weighted by Gasteiger charge is 2.04. The number of fused-ring (bicyclic) bond motifs is 1. The fraction of sp³-hybridized carbons (Fsp3) is 0.0769. The lowest BCUT2D eigenvalue weighted by Crippen LogP contribution is -2.20. The van der Waals surface area contributed by atoms with Crippen LogP contribution < -0.4 is 5.43 Å². The zero-order valence-electron chi connectivity index (χ0n) is 9.50. The number of hydrogen-bond donors (Lipinski definition) is 3. The molecule has 2 rings (SSSR count). The van der Waals surface area contributed by atoms with Gasteiger partial charge in [-0.15, -0.1) is 0 Å². The van der Waals surface area contributed by atoms with Gasteiger partial charge in [-0.3, -0.25) is 4.79 Å². The number of aromatic hydroxyl groups is 1. The summed E-state index contributed by atoms with van der Waals surface area (Å²) in [5.41, 5.74) is 2.66. The van der Waals surface area contributed by atoms with Crippen LogP contribution in [-0.2, 0) is 4.79 Å². The second kappa shape index (κ2) is 5.29. The molecule has 0 aliphatic heterocycles. The van der Waals surface area contributed by atoms with Gasteiger partial charge in [0.25, 0.3) is 5.91 Å². The van der Waals surface area contributed by atoms with E-state index in [0.29, 0.717) is 5.56 Å². The summed E-state index contributed by atoms with van der Waals surface area (Å²) in [4.78, 5) is 10.8. The molecule has 0 spiro atoms. The number of nitrogens with one attached hydrogen (secondary N) is 1. The molecular weight excluding hydrogens is 232 g/mol. The van der Waals surface area contributed by atoms with Crippen molar-refractivity contribution < 1.29 is 15.0 Å². The van der Waals surface area contributed by atoms with E-state index in [4.69, 9.17) is 5.11 Å². The van der Waals surface area contributed by atoms with E-state index < -0.39 is 12.5 Å². The quantitative estimate of drug-likeness (QED) is 0.556. The Morgan fingerprint density at radius 1 is 1.28 bits per heavy atom. The first-order valence-corrected chi connectivity index (χ1v) is 5.36. The van der Waals surface area contributed by atoms with E-state index in [2.05, 4.69) is 10.5 Å². The molecule has 0 unspecified atom stereocenters. The Balaban J connectivity index is 2.37. The van der Waals surface area contributed by atoms with Crippen LogP contribution in [0.1, 0.15) is 5.56 Å². The Labute approximate surface area is 103 Å². The molecule has 0 saturated heterocycles. The molecule has 0 heterocycles. The van der Waals surface area contributed by atoms with E-state index in [1.807, 2.05) is 24.3 Å². The standard InChI is InChI=1S/C13H12N2O3/c16-8-13(18)15-14-7-11-10-4-2-1-3-9(10)5-6-12(11)17/h1-7,16-17H,8H2,(H,15,18)/b14-7-. The van der Waals surface area contributed by atoms with Crippen LogP contribution >= 0.6 is 0 Å². The van der Waals surface area contributed by atoms with Crippen molar-refractivity contribution in [2.75, 3.05) is 6.61 Å². The summed E-state index contributed by atoms with van der Waals surface area (Å²) in [6.45, 7) is -0.626. The smallest absolute Gasteiger partial charge is 0.265 e. The molecule has 92 valence electrons. The summed E-state index contributed by atoms with van der Waals surface area (Å²) in [7, 11) is 0. The van der Waals surface area contributed by atoms with Gasteiger partial charge in [-0.1, -0.05) is 30.3 Å². The number of hydrazone groups is 1. The van der Waals surface area contributed by atoms with Crippen LogP contribution in [0.3, 0.4) is 0 Å². The van der Waals surface area contributed by atoms with Crippen molar-refractivity contribution in [1.29, 1.82) is 0 Å². The van der Waals surface area contributed by atoms with Crippen molar-refractivity contribution >= 4 is 22.9 Å². The van der Waals surface area contributed by atoms with E-state index in [0.717, 1.165) is 10.8 Å². The summed E-state index contributed by atoms with van der Waals surface area (Å²) in [5.74, 6) is -0.526. The van der Waals surface area contributed by atoms with Crippen molar-refractivity contribution in [3.63, 3.8) is 0 Å². The molecule has 2 aromatic rings. The third kappa shape index (κ3) is 2.46. The molecule has 0 radical (unpaired) electrons. The molecule has 2 aromatic carbocycles. The first-order chi connectivity index (χ1) is 8.72. The Kier molecular flexibility index (Phi) is 3.54. The monoisotopic (exact) mass is 244 g/mol. The molecule has 18 heavy (non-hydrogen) atoms. The number of aliphatic hydroxyl groups is 1. The average molecular weight is 244 g/mol. The third-order valence-corrected chi connectivity index (χ3v) is 2.47. The van der Waals surface area contributed by atoms with Gasteiger partial charge in [-0.05, 0) is 16.8 Å². The van der Waals surface area contributed by atoms with Gasteiger partial charge in [-0.2, -0.15) is 5.10 Å². The van der Waals surface area contributed by atoms with Gasteiger partial charge < -0.3 is 10.2 Å². The Morgan fingerprint density at radius 3 is 2.83 bits per heavy atom. The van der Waals surface area contributed by atoms with Crippen LogP contribution in [0.5, 0.6) is 5.75 Å². The molecule has 5 nitrogen and oxygen atoms in total. The van der Waals surface area contributed by atoms with Gasteiger partial charge in [0.05, 0.1) is 6.21 Å². The predicted octanol–water partition coefficient (Wildman–Crippen LogP) is 0.988. The summed E-state index contributed by atoms with van der Waals surface area (Å²) in [6.07, 6.45) is 1.35. The summed E-state index contributed by atoms with van der Waals surface area (Å²) < 4.78 is 0. The highest BCUT2D eigenvalue weighted by molar-refractivity contribution is 6.02. The second-order valence-corrected chi connectivity index (χ2v) is 3.67. The van der Waals surface area contributed by atoms with Gasteiger partial charge in [0.1, 0.15) is 12.4 Å². The number of phenols is 1. The molecule has 0 atom stereocenters. The minimum atomic E-state index is -0.626. The molecule has 0 aromatic heterocycles. The second-order valence-electron chi connectivity index (χ2n) is 3.67. The fourth-order valence-electron chi connectivity index (χ4n) is 1.62. The molecule has 3 N–H and O–H groups in total. The maximum atomic E-state index is 10.8. The number of benzene rings is 2. The molecular formula is C13H12N2O3. The highest BCUT2D eigenvalue weighted by Crippen LogP contribution is 2.25. The van der Waals surface area contributed by atoms with Crippen molar-refractivity contribution in [3.8, 4) is 5.75 Å². The largest absolute Gasteiger partial charge is 0.507 e. The number of hydrogen-bond acceptors (Lipinski definition) is 4. The molecule has 0 aliphatic carbocycles.